The number of hydrogen-bond acceptors (Lipinski definition) is 2. The predicted molar refractivity (Wildman–Crippen MR) is 165 cm³/mol. The largest absolute Gasteiger partial charge is 0.413 e. The van der Waals surface area contributed by atoms with Crippen molar-refractivity contribution in [1.82, 2.24) is 0 Å². The lowest BCUT2D eigenvalue weighted by atomic mass is 10.0. The Morgan fingerprint density at radius 3 is 1.56 bits per heavy atom. The van der Waals surface area contributed by atoms with E-state index < -0.39 is 8.32 Å². The minimum atomic E-state index is -1.75. The molecule has 36 heavy (non-hydrogen) atoms. The maximum atomic E-state index is 9.28. The highest BCUT2D eigenvalue weighted by Gasteiger charge is 2.37. The third kappa shape index (κ3) is 18.1. The molecule has 0 aliphatic carbocycles. The molecule has 0 spiro atoms. The van der Waals surface area contributed by atoms with Crippen LogP contribution in [0.2, 0.25) is 18.1 Å². The summed E-state index contributed by atoms with van der Waals surface area (Å²) in [7, 11) is -1.75. The van der Waals surface area contributed by atoms with Gasteiger partial charge in [0.2, 0.25) is 0 Å². The van der Waals surface area contributed by atoms with Crippen molar-refractivity contribution in [3.8, 4) is 0 Å². The number of aliphatic hydroxyl groups is 1. The Labute approximate surface area is 226 Å². The van der Waals surface area contributed by atoms with E-state index in [0.717, 1.165) is 51.4 Å². The Hall–Kier alpha value is -1.16. The molecular formula is C33H60O2Si. The molecule has 0 radical (unpaired) electrons. The molecule has 208 valence electrons. The number of rotatable bonds is 18. The molecule has 0 amide bonds. The van der Waals surface area contributed by atoms with Crippen LogP contribution in [0, 0.1) is 0 Å². The third-order valence-corrected chi connectivity index (χ3v) is 11.8. The Bertz CT molecular complexity index is 753. The van der Waals surface area contributed by atoms with Crippen LogP contribution >= 0.6 is 0 Å². The average molecular weight is 517 g/mol. The van der Waals surface area contributed by atoms with Gasteiger partial charge in [0.15, 0.2) is 8.32 Å². The number of aliphatic hydroxyl groups excluding tert-OH is 1. The molecule has 0 aromatic carbocycles. The highest BCUT2D eigenvalue weighted by atomic mass is 28.4. The molecule has 0 aliphatic rings. The topological polar surface area (TPSA) is 29.5 Å². The van der Waals surface area contributed by atoms with Crippen LogP contribution in [0.4, 0.5) is 0 Å². The lowest BCUT2D eigenvalue weighted by Crippen LogP contribution is -2.41. The van der Waals surface area contributed by atoms with Crippen LogP contribution in [-0.2, 0) is 4.43 Å². The van der Waals surface area contributed by atoms with Crippen molar-refractivity contribution in [3.63, 3.8) is 0 Å². The zero-order valence-electron chi connectivity index (χ0n) is 25.7. The Kier molecular flexibility index (Phi) is 18.4. The third-order valence-electron chi connectivity index (χ3n) is 7.33. The van der Waals surface area contributed by atoms with Crippen LogP contribution < -0.4 is 0 Å². The van der Waals surface area contributed by atoms with E-state index in [-0.39, 0.29) is 11.6 Å². The summed E-state index contributed by atoms with van der Waals surface area (Å²) in [6.07, 6.45) is 22.7. The minimum absolute atomic E-state index is 0.225. The van der Waals surface area contributed by atoms with Gasteiger partial charge in [-0.05, 0) is 123 Å². The van der Waals surface area contributed by atoms with Gasteiger partial charge in [0, 0.05) is 6.61 Å². The summed E-state index contributed by atoms with van der Waals surface area (Å²) in [4.78, 5) is 0. The predicted octanol–water partition coefficient (Wildman–Crippen LogP) is 10.6. The molecule has 0 saturated carbocycles. The molecule has 0 rings (SSSR count). The van der Waals surface area contributed by atoms with Gasteiger partial charge in [0.05, 0.1) is 6.61 Å². The summed E-state index contributed by atoms with van der Waals surface area (Å²) in [5.41, 5.74) is 7.27. The van der Waals surface area contributed by atoms with E-state index in [4.69, 9.17) is 4.43 Å². The van der Waals surface area contributed by atoms with Crippen molar-refractivity contribution >= 4 is 8.32 Å². The summed E-state index contributed by atoms with van der Waals surface area (Å²) in [6, 6.07) is 0. The Morgan fingerprint density at radius 1 is 0.667 bits per heavy atom. The van der Waals surface area contributed by atoms with Gasteiger partial charge in [0.25, 0.3) is 0 Å². The summed E-state index contributed by atoms with van der Waals surface area (Å²) in [6.45, 7) is 23.6. The first-order chi connectivity index (χ1) is 16.8. The standard InChI is InChI=1S/C33H60O2Si/c1-28(2)17-13-19-30(4)21-15-23-31(5)22-14-20-29(3)18-11-12-24-32(25-16-26-34)27-35-36(9,10)33(6,7)8/h17-18,21-22,24,34H,11-16,19-20,23,25-27H2,1-10H3/b29-18+,30-21+,31-22+,32-24-. The fourth-order valence-corrected chi connectivity index (χ4v) is 4.61. The summed E-state index contributed by atoms with van der Waals surface area (Å²) in [5, 5.41) is 9.50. The smallest absolute Gasteiger partial charge is 0.192 e. The van der Waals surface area contributed by atoms with Gasteiger partial charge in [-0.2, -0.15) is 0 Å². The lowest BCUT2D eigenvalue weighted by molar-refractivity contribution is 0.279. The molecule has 0 fully saturated rings. The second-order valence-electron chi connectivity index (χ2n) is 12.4. The average Bonchev–Trinajstić information content (AvgIpc) is 2.76. The molecule has 0 atom stereocenters. The van der Waals surface area contributed by atoms with Crippen molar-refractivity contribution in [2.45, 2.75) is 138 Å². The first-order valence-corrected chi connectivity index (χ1v) is 17.2. The van der Waals surface area contributed by atoms with Crippen molar-refractivity contribution in [1.29, 1.82) is 0 Å². The second-order valence-corrected chi connectivity index (χ2v) is 17.2. The van der Waals surface area contributed by atoms with E-state index >= 15 is 0 Å². The van der Waals surface area contributed by atoms with E-state index in [9.17, 15) is 5.11 Å². The fourth-order valence-electron chi connectivity index (χ4n) is 3.63. The maximum absolute atomic E-state index is 9.28. The van der Waals surface area contributed by atoms with Crippen molar-refractivity contribution < 1.29 is 9.53 Å². The first-order valence-electron chi connectivity index (χ1n) is 14.3. The van der Waals surface area contributed by atoms with Crippen molar-refractivity contribution in [3.05, 3.63) is 58.2 Å². The molecule has 0 saturated heterocycles. The fraction of sp³-hybridized carbons (Fsp3) is 0.697. The molecule has 1 N–H and O–H groups in total. The summed E-state index contributed by atoms with van der Waals surface area (Å²) >= 11 is 0. The molecule has 2 nitrogen and oxygen atoms in total. The molecule has 0 aliphatic heterocycles. The first kappa shape index (κ1) is 34.8. The van der Waals surface area contributed by atoms with Crippen LogP contribution in [0.1, 0.15) is 120 Å². The van der Waals surface area contributed by atoms with Gasteiger partial charge in [0.1, 0.15) is 0 Å². The number of unbranched alkanes of at least 4 members (excludes halogenated alkanes) is 1. The molecule has 3 heteroatoms. The van der Waals surface area contributed by atoms with E-state index in [0.29, 0.717) is 6.61 Å². The molecular weight excluding hydrogens is 456 g/mol. The molecule has 0 unspecified atom stereocenters. The molecule has 0 heterocycles. The van der Waals surface area contributed by atoms with Crippen LogP contribution in [0.3, 0.4) is 0 Å². The van der Waals surface area contributed by atoms with E-state index in [1.165, 1.54) is 40.7 Å². The van der Waals surface area contributed by atoms with Gasteiger partial charge in [-0.25, -0.2) is 0 Å². The van der Waals surface area contributed by atoms with Crippen LogP contribution in [0.25, 0.3) is 0 Å². The van der Waals surface area contributed by atoms with Gasteiger partial charge >= 0.3 is 0 Å². The zero-order chi connectivity index (χ0) is 27.6. The summed E-state index contributed by atoms with van der Waals surface area (Å²) < 4.78 is 6.43. The number of hydrogen-bond donors (Lipinski definition) is 1. The zero-order valence-corrected chi connectivity index (χ0v) is 26.7. The van der Waals surface area contributed by atoms with Gasteiger partial charge < -0.3 is 9.53 Å². The highest BCUT2D eigenvalue weighted by Crippen LogP contribution is 2.37. The van der Waals surface area contributed by atoms with Crippen molar-refractivity contribution in [2.24, 2.45) is 0 Å². The lowest BCUT2D eigenvalue weighted by Gasteiger charge is -2.36. The molecule has 0 aromatic heterocycles. The van der Waals surface area contributed by atoms with Gasteiger partial charge in [-0.15, -0.1) is 0 Å². The second kappa shape index (κ2) is 19.0. The van der Waals surface area contributed by atoms with Crippen LogP contribution in [0.5, 0.6) is 0 Å². The Balaban J connectivity index is 4.49. The number of allylic oxidation sites excluding steroid dienone is 9. The molecule has 0 aromatic rings. The van der Waals surface area contributed by atoms with Gasteiger partial charge in [-0.1, -0.05) is 73.4 Å². The van der Waals surface area contributed by atoms with E-state index in [1.807, 2.05) is 0 Å². The summed E-state index contributed by atoms with van der Waals surface area (Å²) in [5.74, 6) is 0. The highest BCUT2D eigenvalue weighted by molar-refractivity contribution is 6.74. The SMILES string of the molecule is CC(C)=CCC/C(C)=C/CC/C(C)=C/CC/C(C)=C/CC/C=C(/CCCO)CO[Si](C)(C)C(C)(C)C. The van der Waals surface area contributed by atoms with Crippen LogP contribution in [0.15, 0.2) is 58.2 Å². The van der Waals surface area contributed by atoms with Crippen LogP contribution in [-0.4, -0.2) is 26.6 Å². The minimum Gasteiger partial charge on any atom is -0.413 e. The molecule has 0 bridgehead atoms. The van der Waals surface area contributed by atoms with E-state index in [1.54, 1.807) is 0 Å². The normalized spacial score (nSPS) is 14.4. The van der Waals surface area contributed by atoms with Crippen molar-refractivity contribution in [2.75, 3.05) is 13.2 Å². The maximum Gasteiger partial charge on any atom is 0.192 e. The van der Waals surface area contributed by atoms with Gasteiger partial charge in [-0.3, -0.25) is 0 Å². The monoisotopic (exact) mass is 516 g/mol. The quantitative estimate of drug-likeness (QED) is 0.111. The Morgan fingerprint density at radius 2 is 1.11 bits per heavy atom. The van der Waals surface area contributed by atoms with E-state index in [2.05, 4.69) is 98.9 Å².